The molecule has 1 saturated heterocycles. The molecule has 0 saturated carbocycles. The van der Waals surface area contributed by atoms with Gasteiger partial charge in [0.15, 0.2) is 0 Å². The van der Waals surface area contributed by atoms with Crippen LogP contribution in [0.15, 0.2) is 30.3 Å². The Hall–Kier alpha value is -4.42. The lowest BCUT2D eigenvalue weighted by atomic mass is 10.1. The first kappa shape index (κ1) is 27.2. The second-order valence-corrected chi connectivity index (χ2v) is 8.14. The first-order valence-electron chi connectivity index (χ1n) is 11.7. The van der Waals surface area contributed by atoms with E-state index in [2.05, 4.69) is 15.6 Å². The van der Waals surface area contributed by atoms with Gasteiger partial charge in [0.1, 0.15) is 24.0 Å². The summed E-state index contributed by atoms with van der Waals surface area (Å²) < 4.78 is 10.4. The molecule has 198 valence electrons. The summed E-state index contributed by atoms with van der Waals surface area (Å²) in [6, 6.07) is 7.19. The highest BCUT2D eigenvalue weighted by Crippen LogP contribution is 2.25. The van der Waals surface area contributed by atoms with E-state index >= 15 is 0 Å². The number of benzene rings is 1. The minimum Gasteiger partial charge on any atom is -0.496 e. The number of aliphatic carboxylic acids is 1. The molecule has 2 aromatic rings. The van der Waals surface area contributed by atoms with Gasteiger partial charge in [-0.25, -0.2) is 9.78 Å². The number of nitrogens with one attached hydrogen (secondary N) is 2. The fourth-order valence-corrected chi connectivity index (χ4v) is 3.84. The summed E-state index contributed by atoms with van der Waals surface area (Å²) in [5.74, 6) is -2.82. The molecule has 37 heavy (non-hydrogen) atoms. The molecule has 0 spiro atoms. The number of pyridine rings is 1. The van der Waals surface area contributed by atoms with Crippen molar-refractivity contribution in [1.29, 1.82) is 0 Å². The van der Waals surface area contributed by atoms with Gasteiger partial charge < -0.3 is 35.0 Å². The van der Waals surface area contributed by atoms with Crippen LogP contribution < -0.4 is 15.4 Å². The highest BCUT2D eigenvalue weighted by Gasteiger charge is 2.32. The zero-order chi connectivity index (χ0) is 26.9. The van der Waals surface area contributed by atoms with E-state index in [4.69, 9.17) is 14.6 Å². The number of amides is 4. The van der Waals surface area contributed by atoms with E-state index in [1.807, 2.05) is 0 Å². The third kappa shape index (κ3) is 7.06. The Bertz CT molecular complexity index is 1180. The molecule has 0 radical (unpaired) electrons. The second-order valence-electron chi connectivity index (χ2n) is 8.14. The third-order valence-corrected chi connectivity index (χ3v) is 5.68. The third-order valence-electron chi connectivity index (χ3n) is 5.68. The van der Waals surface area contributed by atoms with E-state index in [0.717, 1.165) is 0 Å². The Labute approximate surface area is 212 Å². The molecule has 0 unspecified atom stereocenters. The fraction of sp³-hybridized carbons (Fsp3) is 0.417. The number of carboxylic acid groups (broad SMARTS) is 1. The molecule has 4 amide bonds. The normalized spacial score (nSPS) is 14.0. The van der Waals surface area contributed by atoms with Gasteiger partial charge in [0.05, 0.1) is 25.7 Å². The van der Waals surface area contributed by atoms with Crippen LogP contribution in [0.3, 0.4) is 0 Å². The van der Waals surface area contributed by atoms with Gasteiger partial charge in [-0.1, -0.05) is 12.1 Å². The molecule has 3 N–H and O–H groups in total. The largest absolute Gasteiger partial charge is 0.496 e. The quantitative estimate of drug-likeness (QED) is 0.423. The molecule has 2 heterocycles. The summed E-state index contributed by atoms with van der Waals surface area (Å²) in [5, 5.41) is 14.3. The zero-order valence-corrected chi connectivity index (χ0v) is 20.6. The van der Waals surface area contributed by atoms with E-state index in [0.29, 0.717) is 16.7 Å². The van der Waals surface area contributed by atoms with E-state index in [1.54, 1.807) is 31.2 Å². The molecule has 1 fully saturated rings. The first-order valence-corrected chi connectivity index (χ1v) is 11.7. The standard InChI is InChI=1S/C24H29N5O8/c1-3-37-24(35)29-10-8-28(9-11-29)23(34)18(13-20(30)25-14-21(31)32)27-22(33)17-12-19(36-2)15-6-4-5-7-16(15)26-17/h4-7,12,18H,3,8-11,13-14H2,1-2H3,(H,25,30)(H,27,33)(H,31,32)/t18-/m0/s1. The lowest BCUT2D eigenvalue weighted by Gasteiger charge is -2.35. The number of ether oxygens (including phenoxy) is 2. The summed E-state index contributed by atoms with van der Waals surface area (Å²) in [6.45, 7) is 2.08. The molecule has 1 aromatic carbocycles. The molecular formula is C24H29N5O8. The average molecular weight is 516 g/mol. The number of carboxylic acids is 1. The number of piperazine rings is 1. The molecule has 0 bridgehead atoms. The maximum atomic E-state index is 13.3. The molecule has 13 nitrogen and oxygen atoms in total. The van der Waals surface area contributed by atoms with Gasteiger partial charge in [-0.05, 0) is 19.1 Å². The fourth-order valence-electron chi connectivity index (χ4n) is 3.84. The minimum absolute atomic E-state index is 0.0218. The Morgan fingerprint density at radius 3 is 2.41 bits per heavy atom. The average Bonchev–Trinajstić information content (AvgIpc) is 2.90. The van der Waals surface area contributed by atoms with Crippen molar-refractivity contribution in [3.8, 4) is 5.75 Å². The van der Waals surface area contributed by atoms with E-state index in [9.17, 15) is 24.0 Å². The molecule has 3 rings (SSSR count). The molecular weight excluding hydrogens is 486 g/mol. The first-order chi connectivity index (χ1) is 17.7. The molecule has 1 aliphatic heterocycles. The zero-order valence-electron chi connectivity index (χ0n) is 20.6. The maximum Gasteiger partial charge on any atom is 0.409 e. The van der Waals surface area contributed by atoms with Crippen LogP contribution in [0.25, 0.3) is 10.9 Å². The van der Waals surface area contributed by atoms with Gasteiger partial charge in [-0.15, -0.1) is 0 Å². The summed E-state index contributed by atoms with van der Waals surface area (Å²) in [5.41, 5.74) is 0.482. The summed E-state index contributed by atoms with van der Waals surface area (Å²) in [4.78, 5) is 68.8. The molecule has 0 aliphatic carbocycles. The van der Waals surface area contributed by atoms with Gasteiger partial charge in [-0.3, -0.25) is 19.2 Å². The van der Waals surface area contributed by atoms with Crippen molar-refractivity contribution in [3.63, 3.8) is 0 Å². The smallest absolute Gasteiger partial charge is 0.409 e. The molecule has 1 aromatic heterocycles. The number of hydrogen-bond acceptors (Lipinski definition) is 8. The van der Waals surface area contributed by atoms with Crippen LogP contribution in [0.5, 0.6) is 5.75 Å². The molecule has 13 heteroatoms. The van der Waals surface area contributed by atoms with Crippen LogP contribution in [-0.2, 0) is 19.1 Å². The number of carbonyl (C=O) groups is 5. The summed E-state index contributed by atoms with van der Waals surface area (Å²) in [6.07, 6.45) is -0.968. The van der Waals surface area contributed by atoms with Crippen molar-refractivity contribution in [1.82, 2.24) is 25.4 Å². The number of fused-ring (bicyclic) bond motifs is 1. The number of aromatic nitrogens is 1. The Morgan fingerprint density at radius 1 is 1.08 bits per heavy atom. The topological polar surface area (TPSA) is 167 Å². The van der Waals surface area contributed by atoms with Crippen molar-refractivity contribution in [2.75, 3.05) is 46.4 Å². The second kappa shape index (κ2) is 12.5. The van der Waals surface area contributed by atoms with Gasteiger partial charge in [0, 0.05) is 37.6 Å². The van der Waals surface area contributed by atoms with Gasteiger partial charge in [0.2, 0.25) is 11.8 Å². The van der Waals surface area contributed by atoms with Gasteiger partial charge in [0.25, 0.3) is 5.91 Å². The highest BCUT2D eigenvalue weighted by molar-refractivity contribution is 6.00. The number of carbonyl (C=O) groups excluding carboxylic acids is 4. The van der Waals surface area contributed by atoms with Crippen LogP contribution in [-0.4, -0.2) is 102 Å². The van der Waals surface area contributed by atoms with Gasteiger partial charge >= 0.3 is 12.1 Å². The van der Waals surface area contributed by atoms with Crippen LogP contribution in [0.2, 0.25) is 0 Å². The molecule has 1 atom stereocenters. The summed E-state index contributed by atoms with van der Waals surface area (Å²) in [7, 11) is 1.46. The van der Waals surface area contributed by atoms with Crippen LogP contribution in [0.1, 0.15) is 23.8 Å². The van der Waals surface area contributed by atoms with Gasteiger partial charge in [-0.2, -0.15) is 0 Å². The van der Waals surface area contributed by atoms with E-state index in [-0.39, 0.29) is 38.5 Å². The number of nitrogens with zero attached hydrogens (tertiary/aromatic N) is 3. The van der Waals surface area contributed by atoms with Crippen molar-refractivity contribution in [3.05, 3.63) is 36.0 Å². The highest BCUT2D eigenvalue weighted by atomic mass is 16.6. The van der Waals surface area contributed by atoms with E-state index in [1.165, 1.54) is 23.0 Å². The number of para-hydroxylation sites is 1. The predicted molar refractivity (Wildman–Crippen MR) is 130 cm³/mol. The lowest BCUT2D eigenvalue weighted by Crippen LogP contribution is -2.56. The Kier molecular flexibility index (Phi) is 9.19. The number of rotatable bonds is 9. The minimum atomic E-state index is -1.30. The van der Waals surface area contributed by atoms with Crippen LogP contribution >= 0.6 is 0 Å². The molecule has 1 aliphatic rings. The Morgan fingerprint density at radius 2 is 1.76 bits per heavy atom. The van der Waals surface area contributed by atoms with Crippen molar-refractivity contribution in [2.45, 2.75) is 19.4 Å². The van der Waals surface area contributed by atoms with Crippen LogP contribution in [0.4, 0.5) is 4.79 Å². The summed E-state index contributed by atoms with van der Waals surface area (Å²) >= 11 is 0. The SMILES string of the molecule is CCOC(=O)N1CCN(C(=O)[C@H](CC(=O)NCC(=O)O)NC(=O)c2cc(OC)c3ccccc3n2)CC1. The van der Waals surface area contributed by atoms with Crippen molar-refractivity contribution >= 4 is 40.7 Å². The number of methoxy groups -OCH3 is 1. The number of hydrogen-bond donors (Lipinski definition) is 3. The predicted octanol–water partition coefficient (Wildman–Crippen LogP) is 0.233. The Balaban J connectivity index is 1.78. The van der Waals surface area contributed by atoms with E-state index < -0.39 is 48.8 Å². The van der Waals surface area contributed by atoms with Crippen molar-refractivity contribution in [2.24, 2.45) is 0 Å². The van der Waals surface area contributed by atoms with Crippen molar-refractivity contribution < 1.29 is 38.6 Å². The lowest BCUT2D eigenvalue weighted by molar-refractivity contribution is -0.139. The monoisotopic (exact) mass is 515 g/mol. The van der Waals surface area contributed by atoms with Crippen LogP contribution in [0, 0.1) is 0 Å². The maximum absolute atomic E-state index is 13.3.